The Hall–Kier alpha value is -2.11. The highest BCUT2D eigenvalue weighted by Gasteiger charge is 2.45. The first-order valence-electron chi connectivity index (χ1n) is 6.55. The Morgan fingerprint density at radius 1 is 1.24 bits per heavy atom. The highest BCUT2D eigenvalue weighted by atomic mass is 19.2. The maximum Gasteiger partial charge on any atom is 0.242 e. The van der Waals surface area contributed by atoms with Crippen LogP contribution in [-0.4, -0.2) is 17.5 Å². The first kappa shape index (κ1) is 15.3. The molecule has 6 heteroatoms. The molecule has 1 aliphatic carbocycles. The average molecular weight is 295 g/mol. The Labute approximate surface area is 120 Å². The number of hydrogen-bond donors (Lipinski definition) is 1. The molecule has 0 aliphatic heterocycles. The van der Waals surface area contributed by atoms with Crippen molar-refractivity contribution in [2.45, 2.75) is 26.7 Å². The Balaban J connectivity index is 2.20. The summed E-state index contributed by atoms with van der Waals surface area (Å²) in [5.74, 6) is -5.24. The van der Waals surface area contributed by atoms with Crippen LogP contribution >= 0.6 is 0 Å². The van der Waals surface area contributed by atoms with Crippen molar-refractivity contribution >= 4 is 23.2 Å². The van der Waals surface area contributed by atoms with E-state index >= 15 is 0 Å². The maximum absolute atomic E-state index is 13.1. The van der Waals surface area contributed by atoms with E-state index in [-0.39, 0.29) is 12.1 Å². The number of carbonyl (C=O) groups excluding carboxylic acids is 3. The van der Waals surface area contributed by atoms with E-state index in [2.05, 4.69) is 5.32 Å². The van der Waals surface area contributed by atoms with Gasteiger partial charge in [-0.2, -0.15) is 0 Å². The van der Waals surface area contributed by atoms with E-state index in [0.29, 0.717) is 6.42 Å². The molecule has 0 bridgehead atoms. The second-order valence-electron chi connectivity index (χ2n) is 5.77. The minimum absolute atomic E-state index is 0.00267. The lowest BCUT2D eigenvalue weighted by Gasteiger charge is -2.31. The van der Waals surface area contributed by atoms with Crippen LogP contribution in [-0.2, 0) is 14.4 Å². The fourth-order valence-electron chi connectivity index (χ4n) is 2.29. The molecule has 1 amide bonds. The van der Waals surface area contributed by atoms with Gasteiger partial charge in [-0.3, -0.25) is 14.4 Å². The van der Waals surface area contributed by atoms with E-state index in [1.54, 1.807) is 13.8 Å². The molecule has 1 aliphatic rings. The van der Waals surface area contributed by atoms with E-state index in [1.165, 1.54) is 6.07 Å². The van der Waals surface area contributed by atoms with Crippen LogP contribution in [0.15, 0.2) is 18.2 Å². The number of halogens is 2. The molecule has 21 heavy (non-hydrogen) atoms. The Bertz CT molecular complexity index is 625. The summed E-state index contributed by atoms with van der Waals surface area (Å²) in [5, 5.41) is 2.29. The molecule has 0 heterocycles. The van der Waals surface area contributed by atoms with Gasteiger partial charge in [0.15, 0.2) is 29.1 Å². The topological polar surface area (TPSA) is 63.2 Å². The fourth-order valence-corrected chi connectivity index (χ4v) is 2.29. The number of nitrogens with one attached hydrogen (secondary N) is 1. The lowest BCUT2D eigenvalue weighted by molar-refractivity contribution is -0.147. The summed E-state index contributed by atoms with van der Waals surface area (Å²) < 4.78 is 25.9. The van der Waals surface area contributed by atoms with Crippen molar-refractivity contribution in [3.63, 3.8) is 0 Å². The van der Waals surface area contributed by atoms with Gasteiger partial charge < -0.3 is 5.32 Å². The summed E-state index contributed by atoms with van der Waals surface area (Å²) in [6, 6.07) is 2.83. The maximum atomic E-state index is 13.1. The van der Waals surface area contributed by atoms with Crippen LogP contribution in [0.25, 0.3) is 0 Å². The van der Waals surface area contributed by atoms with Gasteiger partial charge in [-0.05, 0) is 18.6 Å². The molecule has 4 nitrogen and oxygen atoms in total. The average Bonchev–Trinajstić information content (AvgIpc) is 2.39. The summed E-state index contributed by atoms with van der Waals surface area (Å²) in [4.78, 5) is 36.1. The molecule has 2 rings (SSSR count). The van der Waals surface area contributed by atoms with E-state index < -0.39 is 40.4 Å². The van der Waals surface area contributed by atoms with E-state index in [4.69, 9.17) is 0 Å². The lowest BCUT2D eigenvalue weighted by atomic mass is 9.70. The number of carbonyl (C=O) groups is 3. The van der Waals surface area contributed by atoms with Crippen molar-refractivity contribution < 1.29 is 23.2 Å². The molecule has 1 atom stereocenters. The SMILES string of the molecule is CC1(C)CCC(=O)C(C(=O)Nc2ccc(F)c(F)c2)C1=O. The van der Waals surface area contributed by atoms with E-state index in [0.717, 1.165) is 12.1 Å². The third-order valence-corrected chi connectivity index (χ3v) is 3.70. The number of ketones is 2. The van der Waals surface area contributed by atoms with Gasteiger partial charge in [0, 0.05) is 23.6 Å². The minimum atomic E-state index is -1.39. The Morgan fingerprint density at radius 3 is 2.52 bits per heavy atom. The van der Waals surface area contributed by atoms with E-state index in [1.807, 2.05) is 0 Å². The molecule has 0 saturated heterocycles. The summed E-state index contributed by atoms with van der Waals surface area (Å²) in [5.41, 5.74) is -0.743. The third kappa shape index (κ3) is 2.99. The molecule has 0 radical (unpaired) electrons. The summed E-state index contributed by atoms with van der Waals surface area (Å²) in [6.07, 6.45) is 0.550. The van der Waals surface area contributed by atoms with Crippen LogP contribution in [0.5, 0.6) is 0 Å². The Kier molecular flexibility index (Phi) is 3.89. The largest absolute Gasteiger partial charge is 0.325 e. The third-order valence-electron chi connectivity index (χ3n) is 3.70. The van der Waals surface area contributed by atoms with Gasteiger partial charge in [0.25, 0.3) is 0 Å². The normalized spacial score (nSPS) is 21.2. The number of rotatable bonds is 2. The van der Waals surface area contributed by atoms with Crippen molar-refractivity contribution in [2.75, 3.05) is 5.32 Å². The van der Waals surface area contributed by atoms with E-state index in [9.17, 15) is 23.2 Å². The highest BCUT2D eigenvalue weighted by Crippen LogP contribution is 2.34. The summed E-state index contributed by atoms with van der Waals surface area (Å²) in [7, 11) is 0. The molecule has 1 aromatic carbocycles. The summed E-state index contributed by atoms with van der Waals surface area (Å²) in [6.45, 7) is 3.36. The second-order valence-corrected chi connectivity index (χ2v) is 5.77. The molecule has 1 N–H and O–H groups in total. The number of hydrogen-bond acceptors (Lipinski definition) is 3. The first-order valence-corrected chi connectivity index (χ1v) is 6.55. The quantitative estimate of drug-likeness (QED) is 0.853. The van der Waals surface area contributed by atoms with Crippen LogP contribution in [0, 0.1) is 23.0 Å². The first-order chi connectivity index (χ1) is 9.72. The van der Waals surface area contributed by atoms with Gasteiger partial charge in [-0.25, -0.2) is 8.78 Å². The molecular weight excluding hydrogens is 280 g/mol. The zero-order valence-electron chi connectivity index (χ0n) is 11.7. The zero-order valence-corrected chi connectivity index (χ0v) is 11.7. The molecule has 1 unspecified atom stereocenters. The van der Waals surface area contributed by atoms with Gasteiger partial charge in [-0.15, -0.1) is 0 Å². The number of amides is 1. The van der Waals surface area contributed by atoms with Gasteiger partial charge in [-0.1, -0.05) is 13.8 Å². The lowest BCUT2D eigenvalue weighted by Crippen LogP contribution is -2.46. The second kappa shape index (κ2) is 5.35. The zero-order chi connectivity index (χ0) is 15.8. The molecule has 112 valence electrons. The predicted molar refractivity (Wildman–Crippen MR) is 71.5 cm³/mol. The summed E-state index contributed by atoms with van der Waals surface area (Å²) >= 11 is 0. The highest BCUT2D eigenvalue weighted by molar-refractivity contribution is 6.24. The molecular formula is C15H15F2NO3. The number of benzene rings is 1. The van der Waals surface area contributed by atoms with Gasteiger partial charge >= 0.3 is 0 Å². The van der Waals surface area contributed by atoms with Gasteiger partial charge in [0.05, 0.1) is 0 Å². The van der Waals surface area contributed by atoms with Crippen molar-refractivity contribution in [1.29, 1.82) is 0 Å². The number of Topliss-reactive ketones (excluding diaryl/α,β-unsaturated/α-hetero) is 2. The van der Waals surface area contributed by atoms with Crippen molar-refractivity contribution in [1.82, 2.24) is 0 Å². The minimum Gasteiger partial charge on any atom is -0.325 e. The standard InChI is InChI=1S/C15H15F2NO3/c1-15(2)6-5-11(19)12(13(15)20)14(21)18-8-3-4-9(16)10(17)7-8/h3-4,7,12H,5-6H2,1-2H3,(H,18,21). The van der Waals surface area contributed by atoms with Crippen LogP contribution in [0.2, 0.25) is 0 Å². The van der Waals surface area contributed by atoms with Gasteiger partial charge in [0.1, 0.15) is 0 Å². The van der Waals surface area contributed by atoms with Crippen LogP contribution in [0.3, 0.4) is 0 Å². The van der Waals surface area contributed by atoms with Crippen LogP contribution in [0.4, 0.5) is 14.5 Å². The molecule has 1 fully saturated rings. The van der Waals surface area contributed by atoms with Crippen LogP contribution < -0.4 is 5.32 Å². The Morgan fingerprint density at radius 2 is 1.90 bits per heavy atom. The van der Waals surface area contributed by atoms with Crippen molar-refractivity contribution in [3.05, 3.63) is 29.8 Å². The molecule has 1 aromatic rings. The molecule has 0 spiro atoms. The molecule has 0 aromatic heterocycles. The monoisotopic (exact) mass is 295 g/mol. The van der Waals surface area contributed by atoms with Crippen molar-refractivity contribution in [3.8, 4) is 0 Å². The van der Waals surface area contributed by atoms with Gasteiger partial charge in [0.2, 0.25) is 5.91 Å². The van der Waals surface area contributed by atoms with Crippen LogP contribution in [0.1, 0.15) is 26.7 Å². The number of anilines is 1. The fraction of sp³-hybridized carbons (Fsp3) is 0.400. The predicted octanol–water partition coefficient (Wildman–Crippen LogP) is 2.48. The van der Waals surface area contributed by atoms with Crippen molar-refractivity contribution in [2.24, 2.45) is 11.3 Å². The smallest absolute Gasteiger partial charge is 0.242 e. The molecule has 1 saturated carbocycles.